The first kappa shape index (κ1) is 12.7. The number of aryl methyl sites for hydroxylation is 1. The molecule has 3 heteroatoms. The van der Waals surface area contributed by atoms with Crippen molar-refractivity contribution in [1.29, 1.82) is 0 Å². The number of aliphatic carboxylic acids is 1. The number of hydrogen-bond acceptors (Lipinski definition) is 2. The van der Waals surface area contributed by atoms with E-state index in [1.54, 1.807) is 6.08 Å². The summed E-state index contributed by atoms with van der Waals surface area (Å²) in [7, 11) is 2.12. The molecule has 0 bridgehead atoms. The molecule has 0 amide bonds. The van der Waals surface area contributed by atoms with Gasteiger partial charge in [-0.15, -0.1) is 0 Å². The van der Waals surface area contributed by atoms with Gasteiger partial charge in [0.25, 0.3) is 0 Å². The maximum atomic E-state index is 10.5. The fraction of sp³-hybridized carbons (Fsp3) is 0.400. The average molecular weight is 245 g/mol. The van der Waals surface area contributed by atoms with E-state index >= 15 is 0 Å². The summed E-state index contributed by atoms with van der Waals surface area (Å²) in [5, 5.41) is 8.60. The van der Waals surface area contributed by atoms with Gasteiger partial charge in [-0.2, -0.15) is 0 Å². The van der Waals surface area contributed by atoms with Crippen molar-refractivity contribution in [3.05, 3.63) is 35.4 Å². The lowest BCUT2D eigenvalue weighted by molar-refractivity contribution is -0.131. The third kappa shape index (κ3) is 3.36. The van der Waals surface area contributed by atoms with Gasteiger partial charge in [-0.25, -0.2) is 4.79 Å². The zero-order chi connectivity index (χ0) is 13.1. The van der Waals surface area contributed by atoms with Gasteiger partial charge in [0.05, 0.1) is 0 Å². The Morgan fingerprint density at radius 3 is 2.78 bits per heavy atom. The number of anilines is 1. The average Bonchev–Trinajstić information content (AvgIpc) is 3.10. The molecule has 1 saturated carbocycles. The number of carboxylic acid groups (broad SMARTS) is 1. The van der Waals surface area contributed by atoms with Crippen LogP contribution in [0.2, 0.25) is 0 Å². The summed E-state index contributed by atoms with van der Waals surface area (Å²) in [4.78, 5) is 12.8. The predicted octanol–water partition coefficient (Wildman–Crippen LogP) is 2.94. The normalized spacial score (nSPS) is 15.0. The summed E-state index contributed by atoms with van der Waals surface area (Å²) in [6.07, 6.45) is 5.49. The molecule has 2 rings (SSSR count). The first-order chi connectivity index (χ1) is 8.56. The molecule has 1 N–H and O–H groups in total. The lowest BCUT2D eigenvalue weighted by Crippen LogP contribution is -2.20. The van der Waals surface area contributed by atoms with Crippen molar-refractivity contribution in [3.63, 3.8) is 0 Å². The van der Waals surface area contributed by atoms with Gasteiger partial charge in [-0.05, 0) is 55.0 Å². The smallest absolute Gasteiger partial charge is 0.328 e. The topological polar surface area (TPSA) is 40.5 Å². The Morgan fingerprint density at radius 2 is 2.22 bits per heavy atom. The van der Waals surface area contributed by atoms with Crippen LogP contribution in [0.3, 0.4) is 0 Å². The van der Waals surface area contributed by atoms with Crippen molar-refractivity contribution in [2.75, 3.05) is 18.5 Å². The van der Waals surface area contributed by atoms with Crippen LogP contribution in [0, 0.1) is 12.8 Å². The fourth-order valence-corrected chi connectivity index (χ4v) is 2.16. The standard InChI is InChI=1S/C15H19NO2/c1-11-9-12(6-8-15(17)18)5-7-14(11)16(2)10-13-3-4-13/h5-9,13H,3-4,10H2,1-2H3,(H,17,18). The van der Waals surface area contributed by atoms with Crippen molar-refractivity contribution in [3.8, 4) is 0 Å². The molecule has 0 aliphatic heterocycles. The highest BCUT2D eigenvalue weighted by atomic mass is 16.4. The molecule has 1 aliphatic carbocycles. The molecule has 1 aromatic rings. The van der Waals surface area contributed by atoms with Crippen LogP contribution in [-0.4, -0.2) is 24.7 Å². The molecular weight excluding hydrogens is 226 g/mol. The molecule has 0 radical (unpaired) electrons. The monoisotopic (exact) mass is 245 g/mol. The first-order valence-electron chi connectivity index (χ1n) is 6.29. The Bertz CT molecular complexity index is 475. The molecule has 1 aliphatic rings. The molecule has 0 atom stereocenters. The van der Waals surface area contributed by atoms with E-state index in [0.29, 0.717) is 0 Å². The van der Waals surface area contributed by atoms with E-state index < -0.39 is 5.97 Å². The summed E-state index contributed by atoms with van der Waals surface area (Å²) >= 11 is 0. The summed E-state index contributed by atoms with van der Waals surface area (Å²) < 4.78 is 0. The molecule has 1 aromatic carbocycles. The summed E-state index contributed by atoms with van der Waals surface area (Å²) in [6.45, 7) is 3.18. The third-order valence-corrected chi connectivity index (χ3v) is 3.28. The summed E-state index contributed by atoms with van der Waals surface area (Å²) in [5.41, 5.74) is 3.35. The molecule has 3 nitrogen and oxygen atoms in total. The second-order valence-corrected chi connectivity index (χ2v) is 5.04. The van der Waals surface area contributed by atoms with Gasteiger partial charge in [0.15, 0.2) is 0 Å². The summed E-state index contributed by atoms with van der Waals surface area (Å²) in [6, 6.07) is 6.06. The molecule has 1 fully saturated rings. The highest BCUT2D eigenvalue weighted by molar-refractivity contribution is 5.85. The van der Waals surface area contributed by atoms with E-state index in [0.717, 1.165) is 18.0 Å². The van der Waals surface area contributed by atoms with Crippen molar-refractivity contribution in [2.24, 2.45) is 5.92 Å². The van der Waals surface area contributed by atoms with Gasteiger partial charge in [-0.1, -0.05) is 6.07 Å². The number of hydrogen-bond donors (Lipinski definition) is 1. The maximum absolute atomic E-state index is 10.5. The minimum atomic E-state index is -0.914. The van der Waals surface area contributed by atoms with Crippen LogP contribution in [0.1, 0.15) is 24.0 Å². The minimum Gasteiger partial charge on any atom is -0.478 e. The van der Waals surface area contributed by atoms with Gasteiger partial charge in [0.1, 0.15) is 0 Å². The van der Waals surface area contributed by atoms with E-state index in [-0.39, 0.29) is 0 Å². The van der Waals surface area contributed by atoms with Crippen LogP contribution in [0.4, 0.5) is 5.69 Å². The van der Waals surface area contributed by atoms with E-state index in [1.807, 2.05) is 12.1 Å². The minimum absolute atomic E-state index is 0.862. The van der Waals surface area contributed by atoms with E-state index in [9.17, 15) is 4.79 Å². The Kier molecular flexibility index (Phi) is 3.70. The predicted molar refractivity (Wildman–Crippen MR) is 73.8 cm³/mol. The highest BCUT2D eigenvalue weighted by Gasteiger charge is 2.23. The number of nitrogens with zero attached hydrogens (tertiary/aromatic N) is 1. The Hall–Kier alpha value is -1.77. The molecular formula is C15H19NO2. The van der Waals surface area contributed by atoms with Gasteiger partial charge in [0.2, 0.25) is 0 Å². The van der Waals surface area contributed by atoms with Crippen molar-refractivity contribution in [1.82, 2.24) is 0 Å². The van der Waals surface area contributed by atoms with Gasteiger partial charge in [-0.3, -0.25) is 0 Å². The largest absolute Gasteiger partial charge is 0.478 e. The molecule has 18 heavy (non-hydrogen) atoms. The van der Waals surface area contributed by atoms with Gasteiger partial charge in [0, 0.05) is 25.4 Å². The molecule has 0 spiro atoms. The Balaban J connectivity index is 2.10. The van der Waals surface area contributed by atoms with Crippen LogP contribution >= 0.6 is 0 Å². The molecule has 0 heterocycles. The lowest BCUT2D eigenvalue weighted by Gasteiger charge is -2.21. The molecule has 96 valence electrons. The summed E-state index contributed by atoms with van der Waals surface area (Å²) in [5.74, 6) is -0.0523. The zero-order valence-corrected chi connectivity index (χ0v) is 10.9. The molecule has 0 unspecified atom stereocenters. The second kappa shape index (κ2) is 5.25. The Morgan fingerprint density at radius 1 is 1.50 bits per heavy atom. The third-order valence-electron chi connectivity index (χ3n) is 3.28. The van der Waals surface area contributed by atoms with Gasteiger partial charge < -0.3 is 10.0 Å². The number of benzene rings is 1. The van der Waals surface area contributed by atoms with Crippen LogP contribution < -0.4 is 4.90 Å². The van der Waals surface area contributed by atoms with E-state index in [4.69, 9.17) is 5.11 Å². The Labute approximate surface area is 108 Å². The van der Waals surface area contributed by atoms with Gasteiger partial charge >= 0.3 is 5.97 Å². The molecule has 0 aromatic heterocycles. The lowest BCUT2D eigenvalue weighted by atomic mass is 10.1. The maximum Gasteiger partial charge on any atom is 0.328 e. The van der Waals surface area contributed by atoms with Crippen LogP contribution in [0.5, 0.6) is 0 Å². The molecule has 0 saturated heterocycles. The number of rotatable bonds is 5. The van der Waals surface area contributed by atoms with Crippen LogP contribution in [-0.2, 0) is 4.79 Å². The van der Waals surface area contributed by atoms with E-state index in [2.05, 4.69) is 24.9 Å². The number of carboxylic acids is 1. The van der Waals surface area contributed by atoms with Crippen LogP contribution in [0.15, 0.2) is 24.3 Å². The van der Waals surface area contributed by atoms with Crippen molar-refractivity contribution < 1.29 is 9.90 Å². The van der Waals surface area contributed by atoms with Crippen molar-refractivity contribution >= 4 is 17.7 Å². The van der Waals surface area contributed by atoms with Crippen LogP contribution in [0.25, 0.3) is 6.08 Å². The van der Waals surface area contributed by atoms with E-state index in [1.165, 1.54) is 30.2 Å². The first-order valence-corrected chi connectivity index (χ1v) is 6.29. The fourth-order valence-electron chi connectivity index (χ4n) is 2.16. The van der Waals surface area contributed by atoms with Crippen molar-refractivity contribution in [2.45, 2.75) is 19.8 Å². The quantitative estimate of drug-likeness (QED) is 0.811. The SMILES string of the molecule is Cc1cc(C=CC(=O)O)ccc1N(C)CC1CC1. The number of carbonyl (C=O) groups is 1. The highest BCUT2D eigenvalue weighted by Crippen LogP contribution is 2.31. The second-order valence-electron chi connectivity index (χ2n) is 5.04. The zero-order valence-electron chi connectivity index (χ0n) is 10.9.